The van der Waals surface area contributed by atoms with Crippen LogP contribution in [0.15, 0.2) is 180 Å². The fourth-order valence-corrected chi connectivity index (χ4v) is 11.9. The zero-order valence-electron chi connectivity index (χ0n) is 45.6. The van der Waals surface area contributed by atoms with E-state index in [-0.39, 0.29) is 28.4 Å². The van der Waals surface area contributed by atoms with Crippen molar-refractivity contribution in [3.05, 3.63) is 204 Å². The summed E-state index contributed by atoms with van der Waals surface area (Å²) in [5, 5.41) is 4.65. The Bertz CT molecular complexity index is 3860. The Hall–Kier alpha value is -7.50. The van der Waals surface area contributed by atoms with Crippen molar-refractivity contribution in [3.63, 3.8) is 0 Å². The maximum Gasteiger partial charge on any atom is 0.252 e. The largest absolute Gasteiger partial charge is 0.454 e. The molecule has 10 aromatic rings. The van der Waals surface area contributed by atoms with E-state index < -0.39 is 0 Å². The lowest BCUT2D eigenvalue weighted by Gasteiger charge is -2.46. The van der Waals surface area contributed by atoms with Crippen LogP contribution in [0.1, 0.15) is 111 Å². The first-order valence-electron chi connectivity index (χ1n) is 26.6. The highest BCUT2D eigenvalue weighted by molar-refractivity contribution is 7.00. The number of rotatable bonds is 5. The van der Waals surface area contributed by atoms with Gasteiger partial charge in [0, 0.05) is 55.8 Å². The first-order valence-corrected chi connectivity index (χ1v) is 26.6. The number of hydrogen-bond donors (Lipinski definition) is 0. The predicted molar refractivity (Wildman–Crippen MR) is 319 cm³/mol. The van der Waals surface area contributed by atoms with Crippen LogP contribution < -0.4 is 31.1 Å². The summed E-state index contributed by atoms with van der Waals surface area (Å²) in [7, 11) is 0. The Morgan fingerprint density at radius 3 is 1.55 bits per heavy atom. The molecule has 2 aliphatic heterocycles. The van der Waals surface area contributed by atoms with E-state index in [4.69, 9.17) is 4.42 Å². The molecule has 0 radical (unpaired) electrons. The Morgan fingerprint density at radius 1 is 0.405 bits per heavy atom. The Kier molecular flexibility index (Phi) is 10.8. The minimum Gasteiger partial charge on any atom is -0.454 e. The van der Waals surface area contributed by atoms with Crippen LogP contribution in [-0.2, 0) is 21.7 Å². The smallest absolute Gasteiger partial charge is 0.252 e. The lowest BCUT2D eigenvalue weighted by Crippen LogP contribution is -2.61. The Balaban J connectivity index is 1.25. The highest BCUT2D eigenvalue weighted by Gasteiger charge is 2.45. The van der Waals surface area contributed by atoms with Crippen LogP contribution in [0.5, 0.6) is 0 Å². The number of anilines is 9. The average molecular weight is 966 g/mol. The summed E-state index contributed by atoms with van der Waals surface area (Å²) in [6, 6.07) is 66.8. The molecule has 0 aliphatic carbocycles. The van der Waals surface area contributed by atoms with E-state index in [9.17, 15) is 0 Å². The molecule has 0 N–H and O–H groups in total. The zero-order valence-corrected chi connectivity index (χ0v) is 45.6. The second-order valence-electron chi connectivity index (χ2n) is 25.2. The van der Waals surface area contributed by atoms with Gasteiger partial charge in [-0.25, -0.2) is 0 Å². The molecule has 0 atom stereocenters. The highest BCUT2D eigenvalue weighted by Crippen LogP contribution is 2.52. The molecule has 4 nitrogen and oxygen atoms in total. The molecule has 0 saturated carbocycles. The summed E-state index contributed by atoms with van der Waals surface area (Å²) < 4.78 is 7.28. The lowest BCUT2D eigenvalue weighted by atomic mass is 9.33. The van der Waals surface area contributed by atoms with Gasteiger partial charge in [-0.1, -0.05) is 204 Å². The van der Waals surface area contributed by atoms with Crippen LogP contribution in [-0.4, -0.2) is 6.71 Å². The number of furan rings is 1. The fourth-order valence-electron chi connectivity index (χ4n) is 11.9. The van der Waals surface area contributed by atoms with Crippen LogP contribution in [0.3, 0.4) is 0 Å². The second-order valence-corrected chi connectivity index (χ2v) is 25.2. The zero-order chi connectivity index (χ0) is 51.8. The van der Waals surface area contributed by atoms with Crippen molar-refractivity contribution in [1.29, 1.82) is 0 Å². The topological polar surface area (TPSA) is 22.9 Å². The van der Waals surface area contributed by atoms with Gasteiger partial charge in [0.25, 0.3) is 6.71 Å². The summed E-state index contributed by atoms with van der Waals surface area (Å²) in [4.78, 5) is 7.64. The normalized spacial score (nSPS) is 13.7. The van der Waals surface area contributed by atoms with Crippen molar-refractivity contribution in [2.45, 2.75) is 112 Å². The standard InChI is InChI=1S/C69H68BN3O/c1-43-21-14-17-28-56(43)72(60-30-20-26-52-51-25-19-27-53(69(11,12)13)64(51)74-65(52)60)49-41-61-63-62(42-49)73(57-29-18-23-44-22-15-16-24-50(44)57)59-38-34-47(68(8,9)10)40-55(59)70(63)54-39-46(67(5,6)7)33-37-58(54)71(61)48-35-31-45(32-36-48)66(2,3)4/h14-42H,1-13H3. The Labute approximate surface area is 439 Å². The lowest BCUT2D eigenvalue weighted by molar-refractivity contribution is 0.573. The molecular weight excluding hydrogens is 898 g/mol. The maximum atomic E-state index is 7.28. The van der Waals surface area contributed by atoms with E-state index in [1.165, 1.54) is 66.4 Å². The van der Waals surface area contributed by atoms with Crippen LogP contribution in [0.25, 0.3) is 32.7 Å². The quantitative estimate of drug-likeness (QED) is 0.160. The molecule has 0 fully saturated rings. The van der Waals surface area contributed by atoms with Crippen LogP contribution in [0.4, 0.5) is 51.2 Å². The number of fused-ring (bicyclic) bond motifs is 8. The number of para-hydroxylation sites is 3. The summed E-state index contributed by atoms with van der Waals surface area (Å²) in [5.41, 5.74) is 21.9. The van der Waals surface area contributed by atoms with E-state index in [0.717, 1.165) is 61.8 Å². The van der Waals surface area contributed by atoms with Crippen molar-refractivity contribution in [1.82, 2.24) is 0 Å². The minimum atomic E-state index is -0.117. The van der Waals surface area contributed by atoms with Gasteiger partial charge < -0.3 is 19.1 Å². The van der Waals surface area contributed by atoms with Crippen molar-refractivity contribution < 1.29 is 4.42 Å². The molecular formula is C69H68BN3O. The molecule has 0 spiro atoms. The minimum absolute atomic E-state index is 0.00306. The van der Waals surface area contributed by atoms with Gasteiger partial charge in [0.2, 0.25) is 0 Å². The van der Waals surface area contributed by atoms with Gasteiger partial charge in [-0.05, 0) is 127 Å². The summed E-state index contributed by atoms with van der Waals surface area (Å²) in [5.74, 6) is 0. The second kappa shape index (κ2) is 16.8. The van der Waals surface area contributed by atoms with Gasteiger partial charge >= 0.3 is 0 Å². The molecule has 2 aliphatic rings. The van der Waals surface area contributed by atoms with Crippen LogP contribution in [0, 0.1) is 6.92 Å². The van der Waals surface area contributed by atoms with Crippen molar-refractivity contribution in [2.75, 3.05) is 14.7 Å². The average Bonchev–Trinajstić information content (AvgIpc) is 3.75. The van der Waals surface area contributed by atoms with E-state index in [2.05, 4.69) is 281 Å². The van der Waals surface area contributed by atoms with Crippen LogP contribution in [0.2, 0.25) is 0 Å². The van der Waals surface area contributed by atoms with Crippen molar-refractivity contribution >= 4 is 107 Å². The van der Waals surface area contributed by atoms with Gasteiger partial charge in [-0.15, -0.1) is 0 Å². The monoisotopic (exact) mass is 966 g/mol. The molecule has 368 valence electrons. The number of nitrogens with zero attached hydrogens (tertiary/aromatic N) is 3. The SMILES string of the molecule is Cc1ccccc1N(c1cc2c3c(c1)N(c1cccc4ccccc14)c1ccc(C(C)(C)C)cc1B3c1cc(C(C)(C)C)ccc1N2c1ccc(C(C)(C)C)cc1)c1cccc2c1oc1c(C(C)(C)C)cccc12. The van der Waals surface area contributed by atoms with Crippen molar-refractivity contribution in [2.24, 2.45) is 0 Å². The molecule has 0 saturated heterocycles. The molecule has 74 heavy (non-hydrogen) atoms. The van der Waals surface area contributed by atoms with E-state index in [1.54, 1.807) is 0 Å². The summed E-state index contributed by atoms with van der Waals surface area (Å²) in [6.45, 7) is 29.9. The molecule has 0 bridgehead atoms. The molecule has 5 heteroatoms. The summed E-state index contributed by atoms with van der Waals surface area (Å²) >= 11 is 0. The molecule has 12 rings (SSSR count). The third kappa shape index (κ3) is 7.64. The first kappa shape index (κ1) is 47.5. The molecule has 3 heterocycles. The molecule has 1 aromatic heterocycles. The summed E-state index contributed by atoms with van der Waals surface area (Å²) in [6.07, 6.45) is 0. The third-order valence-corrected chi connectivity index (χ3v) is 15.9. The number of hydrogen-bond acceptors (Lipinski definition) is 4. The van der Waals surface area contributed by atoms with Gasteiger partial charge in [0.15, 0.2) is 5.58 Å². The molecule has 0 unspecified atom stereocenters. The van der Waals surface area contributed by atoms with E-state index in [0.29, 0.717) is 0 Å². The predicted octanol–water partition coefficient (Wildman–Crippen LogP) is 17.8. The molecule has 0 amide bonds. The van der Waals surface area contributed by atoms with Crippen molar-refractivity contribution in [3.8, 4) is 0 Å². The third-order valence-electron chi connectivity index (χ3n) is 15.9. The fraction of sp³-hybridized carbons (Fsp3) is 0.246. The highest BCUT2D eigenvalue weighted by atomic mass is 16.3. The van der Waals surface area contributed by atoms with Gasteiger partial charge in [0.05, 0.1) is 17.1 Å². The van der Waals surface area contributed by atoms with Gasteiger partial charge in [0.1, 0.15) is 5.58 Å². The first-order chi connectivity index (χ1) is 35.2. The Morgan fingerprint density at radius 2 is 0.919 bits per heavy atom. The molecule has 9 aromatic carbocycles. The van der Waals surface area contributed by atoms with E-state index in [1.807, 2.05) is 0 Å². The maximum absolute atomic E-state index is 7.28. The van der Waals surface area contributed by atoms with Gasteiger partial charge in [-0.3, -0.25) is 0 Å². The number of benzene rings is 9. The number of aryl methyl sites for hydroxylation is 1. The van der Waals surface area contributed by atoms with E-state index >= 15 is 0 Å². The van der Waals surface area contributed by atoms with Crippen LogP contribution >= 0.6 is 0 Å². The van der Waals surface area contributed by atoms with Gasteiger partial charge in [-0.2, -0.15) is 0 Å².